The minimum atomic E-state index is -0.500. The van der Waals surface area contributed by atoms with Gasteiger partial charge < -0.3 is 19.9 Å². The van der Waals surface area contributed by atoms with Crippen molar-refractivity contribution in [1.29, 1.82) is 0 Å². The minimum Gasteiger partial charge on any atom is -0.504 e. The largest absolute Gasteiger partial charge is 0.504 e. The van der Waals surface area contributed by atoms with Crippen LogP contribution < -0.4 is 10.1 Å². The number of phenolic OH excluding ortho intramolecular Hbond substituents is 1. The monoisotopic (exact) mass is 379 g/mol. The molecule has 7 heteroatoms. The number of hydrogen-bond acceptors (Lipinski definition) is 6. The van der Waals surface area contributed by atoms with Gasteiger partial charge in [0.15, 0.2) is 11.5 Å². The Hall–Kier alpha value is -3.48. The zero-order chi connectivity index (χ0) is 19.8. The van der Waals surface area contributed by atoms with Crippen molar-refractivity contribution >= 4 is 23.0 Å². The first kappa shape index (κ1) is 17.9. The molecule has 0 bridgehead atoms. The molecular weight excluding hydrogens is 358 g/mol. The van der Waals surface area contributed by atoms with Gasteiger partial charge >= 0.3 is 5.97 Å². The topological polar surface area (TPSA) is 85.6 Å². The summed E-state index contributed by atoms with van der Waals surface area (Å²) < 4.78 is 12.4. The Morgan fingerprint density at radius 2 is 2.07 bits per heavy atom. The lowest BCUT2D eigenvalue weighted by molar-refractivity contribution is -0.139. The third kappa shape index (κ3) is 2.76. The highest BCUT2D eigenvalue weighted by Crippen LogP contribution is 2.41. The third-order valence-electron chi connectivity index (χ3n) is 4.84. The number of methoxy groups -OCH3 is 1. The molecule has 1 aliphatic heterocycles. The van der Waals surface area contributed by atoms with Gasteiger partial charge in [0, 0.05) is 5.70 Å². The summed E-state index contributed by atoms with van der Waals surface area (Å²) in [7, 11) is 1.49. The first-order valence-electron chi connectivity index (χ1n) is 9.04. The number of hydrogen-bond donors (Lipinski definition) is 2. The Kier molecular flexibility index (Phi) is 4.43. The molecule has 7 nitrogen and oxygen atoms in total. The van der Waals surface area contributed by atoms with Crippen LogP contribution in [0.5, 0.6) is 11.5 Å². The van der Waals surface area contributed by atoms with E-state index in [9.17, 15) is 9.90 Å². The van der Waals surface area contributed by atoms with Crippen molar-refractivity contribution in [3.63, 3.8) is 0 Å². The van der Waals surface area contributed by atoms with Crippen molar-refractivity contribution in [2.75, 3.05) is 19.0 Å². The van der Waals surface area contributed by atoms with E-state index in [1.54, 1.807) is 19.1 Å². The lowest BCUT2D eigenvalue weighted by Crippen LogP contribution is -2.29. The summed E-state index contributed by atoms with van der Waals surface area (Å²) >= 11 is 0. The predicted octanol–water partition coefficient (Wildman–Crippen LogP) is 3.60. The fourth-order valence-electron chi connectivity index (χ4n) is 3.63. The summed E-state index contributed by atoms with van der Waals surface area (Å²) in [6.07, 6.45) is 0. The number of rotatable bonds is 4. The van der Waals surface area contributed by atoms with E-state index in [1.165, 1.54) is 7.11 Å². The molecule has 0 fully saturated rings. The quantitative estimate of drug-likeness (QED) is 0.674. The third-order valence-corrected chi connectivity index (χ3v) is 4.84. The zero-order valence-electron chi connectivity index (χ0n) is 15.9. The number of carbonyl (C=O) groups excluding carboxylic acids is 1. The molecule has 3 aromatic rings. The summed E-state index contributed by atoms with van der Waals surface area (Å²) in [6.45, 7) is 3.87. The average Bonchev–Trinajstić information content (AvgIpc) is 3.04. The summed E-state index contributed by atoms with van der Waals surface area (Å²) in [5.41, 5.74) is 3.56. The van der Waals surface area contributed by atoms with Crippen LogP contribution in [0, 0.1) is 0 Å². The first-order chi connectivity index (χ1) is 13.5. The van der Waals surface area contributed by atoms with Gasteiger partial charge in [-0.1, -0.05) is 18.2 Å². The smallest absolute Gasteiger partial charge is 0.338 e. The number of nitrogens with one attached hydrogen (secondary N) is 1. The van der Waals surface area contributed by atoms with Crippen molar-refractivity contribution in [1.82, 2.24) is 9.55 Å². The van der Waals surface area contributed by atoms with Gasteiger partial charge in [0.25, 0.3) is 0 Å². The van der Waals surface area contributed by atoms with Crippen LogP contribution >= 0.6 is 0 Å². The number of imidazole rings is 1. The van der Waals surface area contributed by atoms with Gasteiger partial charge in [-0.3, -0.25) is 4.57 Å². The van der Waals surface area contributed by atoms with Crippen LogP contribution in [0.2, 0.25) is 0 Å². The molecule has 0 spiro atoms. The van der Waals surface area contributed by atoms with E-state index in [-0.39, 0.29) is 12.4 Å². The number of aromatic hydroxyl groups is 1. The number of esters is 1. The highest BCUT2D eigenvalue weighted by Gasteiger charge is 2.35. The van der Waals surface area contributed by atoms with Gasteiger partial charge in [0.05, 0.1) is 36.4 Å². The van der Waals surface area contributed by atoms with Crippen LogP contribution in [0.25, 0.3) is 11.0 Å². The SMILES string of the molecule is CCOC(=O)C1=C(C)Nc2nc3ccccc3n2[C@H]1c1ccc(OC)c(O)c1. The normalized spacial score (nSPS) is 15.9. The van der Waals surface area contributed by atoms with Crippen LogP contribution in [0.1, 0.15) is 25.5 Å². The zero-order valence-corrected chi connectivity index (χ0v) is 15.9. The van der Waals surface area contributed by atoms with E-state index in [2.05, 4.69) is 10.3 Å². The Balaban J connectivity index is 1.97. The molecule has 0 radical (unpaired) electrons. The number of aromatic nitrogens is 2. The molecule has 0 saturated heterocycles. The molecule has 144 valence electrons. The van der Waals surface area contributed by atoms with Gasteiger partial charge in [0.2, 0.25) is 5.95 Å². The van der Waals surface area contributed by atoms with Crippen molar-refractivity contribution < 1.29 is 19.4 Å². The number of fused-ring (bicyclic) bond motifs is 3. The van der Waals surface area contributed by atoms with Crippen molar-refractivity contribution in [3.8, 4) is 11.5 Å². The van der Waals surface area contributed by atoms with E-state index in [1.807, 2.05) is 41.8 Å². The number of ether oxygens (including phenoxy) is 2. The van der Waals surface area contributed by atoms with Crippen LogP contribution in [0.4, 0.5) is 5.95 Å². The average molecular weight is 379 g/mol. The Bertz CT molecular complexity index is 1100. The van der Waals surface area contributed by atoms with Gasteiger partial charge in [-0.2, -0.15) is 0 Å². The molecular formula is C21H21N3O4. The van der Waals surface area contributed by atoms with Gasteiger partial charge in [-0.15, -0.1) is 0 Å². The number of anilines is 1. The maximum atomic E-state index is 12.8. The summed E-state index contributed by atoms with van der Waals surface area (Å²) in [5, 5.41) is 13.5. The van der Waals surface area contributed by atoms with Crippen LogP contribution in [-0.2, 0) is 9.53 Å². The molecule has 28 heavy (non-hydrogen) atoms. The lowest BCUT2D eigenvalue weighted by atomic mass is 9.94. The van der Waals surface area contributed by atoms with Gasteiger partial charge in [-0.05, 0) is 43.7 Å². The van der Waals surface area contributed by atoms with E-state index in [4.69, 9.17) is 9.47 Å². The fraction of sp³-hybridized carbons (Fsp3) is 0.238. The molecule has 1 atom stereocenters. The van der Waals surface area contributed by atoms with Crippen LogP contribution in [0.3, 0.4) is 0 Å². The van der Waals surface area contributed by atoms with E-state index in [0.29, 0.717) is 23.0 Å². The lowest BCUT2D eigenvalue weighted by Gasteiger charge is -2.30. The van der Waals surface area contributed by atoms with Crippen molar-refractivity contribution in [3.05, 3.63) is 59.3 Å². The van der Waals surface area contributed by atoms with E-state index in [0.717, 1.165) is 16.6 Å². The van der Waals surface area contributed by atoms with E-state index < -0.39 is 12.0 Å². The number of carbonyl (C=O) groups is 1. The standard InChI is InChI=1S/C21H21N3O4/c1-4-28-20(26)18-12(2)22-21-23-14-7-5-6-8-15(14)24(21)19(18)13-9-10-17(27-3)16(25)11-13/h5-11,19,25H,4H2,1-3H3,(H,22,23)/t19-/m0/s1. The highest BCUT2D eigenvalue weighted by molar-refractivity contribution is 5.94. The van der Waals surface area contributed by atoms with Crippen LogP contribution in [-0.4, -0.2) is 34.3 Å². The Morgan fingerprint density at radius 1 is 1.29 bits per heavy atom. The number of nitrogens with zero attached hydrogens (tertiary/aromatic N) is 2. The minimum absolute atomic E-state index is 0.00497. The van der Waals surface area contributed by atoms with Crippen molar-refractivity contribution in [2.45, 2.75) is 19.9 Å². The molecule has 1 aliphatic rings. The number of para-hydroxylation sites is 2. The predicted molar refractivity (Wildman–Crippen MR) is 105 cm³/mol. The molecule has 2 aromatic carbocycles. The highest BCUT2D eigenvalue weighted by atomic mass is 16.5. The second-order valence-corrected chi connectivity index (χ2v) is 6.51. The summed E-state index contributed by atoms with van der Waals surface area (Å²) in [6, 6.07) is 12.3. The number of benzene rings is 2. The molecule has 0 aliphatic carbocycles. The van der Waals surface area contributed by atoms with Gasteiger partial charge in [-0.25, -0.2) is 9.78 Å². The van der Waals surface area contributed by atoms with Crippen LogP contribution in [0.15, 0.2) is 53.7 Å². The molecule has 0 saturated carbocycles. The van der Waals surface area contributed by atoms with Crippen molar-refractivity contribution in [2.24, 2.45) is 0 Å². The number of phenols is 1. The van der Waals surface area contributed by atoms with Gasteiger partial charge in [0.1, 0.15) is 0 Å². The second kappa shape index (κ2) is 6.92. The Morgan fingerprint density at radius 3 is 2.79 bits per heavy atom. The Labute approximate surface area is 162 Å². The summed E-state index contributed by atoms with van der Waals surface area (Å²) in [5.74, 6) is 0.598. The number of allylic oxidation sites excluding steroid dienone is 1. The second-order valence-electron chi connectivity index (χ2n) is 6.51. The molecule has 2 heterocycles. The maximum absolute atomic E-state index is 12.8. The molecule has 1 aromatic heterocycles. The summed E-state index contributed by atoms with van der Waals surface area (Å²) in [4.78, 5) is 17.5. The molecule has 2 N–H and O–H groups in total. The fourth-order valence-corrected chi connectivity index (χ4v) is 3.63. The molecule has 4 rings (SSSR count). The van der Waals surface area contributed by atoms with E-state index >= 15 is 0 Å². The first-order valence-corrected chi connectivity index (χ1v) is 9.04. The molecule has 0 unspecified atom stereocenters. The molecule has 0 amide bonds. The maximum Gasteiger partial charge on any atom is 0.338 e.